The summed E-state index contributed by atoms with van der Waals surface area (Å²) in [5.41, 5.74) is 5.73. The average Bonchev–Trinajstić information content (AvgIpc) is 2.37. The second-order valence-corrected chi connectivity index (χ2v) is 5.05. The molecule has 0 bridgehead atoms. The zero-order valence-electron chi connectivity index (χ0n) is 10.6. The topological polar surface area (TPSA) is 35.2 Å². The van der Waals surface area contributed by atoms with Crippen molar-refractivity contribution in [2.24, 2.45) is 5.73 Å². The molecule has 5 heteroatoms. The summed E-state index contributed by atoms with van der Waals surface area (Å²) in [6.07, 6.45) is -0.552. The summed E-state index contributed by atoms with van der Waals surface area (Å²) >= 11 is 0. The van der Waals surface area contributed by atoms with Crippen LogP contribution in [-0.2, 0) is 17.5 Å². The summed E-state index contributed by atoms with van der Waals surface area (Å²) in [7, 11) is 0. The maximum absolute atomic E-state index is 12.6. The molecule has 0 spiro atoms. The van der Waals surface area contributed by atoms with Crippen LogP contribution in [0.15, 0.2) is 24.3 Å². The normalized spacial score (nSPS) is 24.4. The lowest BCUT2D eigenvalue weighted by Crippen LogP contribution is -2.30. The number of nitrogens with two attached hydrogens (primary N) is 1. The Hall–Kier alpha value is -1.07. The molecule has 1 aromatic carbocycles. The number of hydrogen-bond donors (Lipinski definition) is 1. The first-order valence-corrected chi connectivity index (χ1v) is 6.48. The Kier molecular flexibility index (Phi) is 4.47. The van der Waals surface area contributed by atoms with Gasteiger partial charge in [0.05, 0.1) is 18.3 Å². The lowest BCUT2D eigenvalue weighted by Gasteiger charge is -2.26. The van der Waals surface area contributed by atoms with E-state index in [1.54, 1.807) is 6.07 Å². The van der Waals surface area contributed by atoms with E-state index in [2.05, 4.69) is 0 Å². The highest BCUT2D eigenvalue weighted by molar-refractivity contribution is 5.25. The summed E-state index contributed by atoms with van der Waals surface area (Å²) in [5.74, 6) is 0. The maximum Gasteiger partial charge on any atom is 0.416 e. The Morgan fingerprint density at radius 1 is 1.16 bits per heavy atom. The molecule has 0 radical (unpaired) electrons. The standard InChI is InChI=1S/C14H18F3NO/c15-14(16,17)11-3-1-2-10(8-11)9-19-13-6-4-12(18)5-7-13/h1-3,8,12-13H,4-7,9,18H2. The largest absolute Gasteiger partial charge is 0.416 e. The molecule has 0 saturated heterocycles. The summed E-state index contributed by atoms with van der Waals surface area (Å²) in [4.78, 5) is 0. The molecule has 1 fully saturated rings. The van der Waals surface area contributed by atoms with Gasteiger partial charge in [-0.25, -0.2) is 0 Å². The Morgan fingerprint density at radius 3 is 2.47 bits per heavy atom. The molecule has 0 aliphatic heterocycles. The first-order chi connectivity index (χ1) is 8.95. The molecule has 106 valence electrons. The van der Waals surface area contributed by atoms with Gasteiger partial charge in [-0.2, -0.15) is 13.2 Å². The van der Waals surface area contributed by atoms with Gasteiger partial charge in [-0.1, -0.05) is 12.1 Å². The van der Waals surface area contributed by atoms with Crippen molar-refractivity contribution in [1.29, 1.82) is 0 Å². The van der Waals surface area contributed by atoms with Crippen molar-refractivity contribution in [2.75, 3.05) is 0 Å². The predicted octanol–water partition coefficient (Wildman–Crippen LogP) is 3.49. The summed E-state index contributed by atoms with van der Waals surface area (Å²) < 4.78 is 43.3. The third-order valence-corrected chi connectivity index (χ3v) is 3.46. The van der Waals surface area contributed by atoms with E-state index in [9.17, 15) is 13.2 Å². The van der Waals surface area contributed by atoms with E-state index in [1.807, 2.05) is 0 Å². The first kappa shape index (κ1) is 14.3. The van der Waals surface area contributed by atoms with Crippen LogP contribution < -0.4 is 5.73 Å². The monoisotopic (exact) mass is 273 g/mol. The van der Waals surface area contributed by atoms with E-state index in [-0.39, 0.29) is 18.8 Å². The number of alkyl halides is 3. The molecular formula is C14H18F3NO. The number of rotatable bonds is 3. The van der Waals surface area contributed by atoms with Gasteiger partial charge in [0.1, 0.15) is 0 Å². The minimum absolute atomic E-state index is 0.120. The number of hydrogen-bond acceptors (Lipinski definition) is 2. The highest BCUT2D eigenvalue weighted by Crippen LogP contribution is 2.30. The lowest BCUT2D eigenvalue weighted by molar-refractivity contribution is -0.137. The molecule has 0 heterocycles. The Labute approximate surface area is 110 Å². The zero-order chi connectivity index (χ0) is 13.9. The fourth-order valence-electron chi connectivity index (χ4n) is 2.31. The van der Waals surface area contributed by atoms with Crippen LogP contribution in [0.3, 0.4) is 0 Å². The molecule has 0 atom stereocenters. The molecule has 1 aliphatic rings. The van der Waals surface area contributed by atoms with Gasteiger partial charge in [0.15, 0.2) is 0 Å². The van der Waals surface area contributed by atoms with E-state index < -0.39 is 11.7 Å². The second-order valence-electron chi connectivity index (χ2n) is 5.05. The first-order valence-electron chi connectivity index (χ1n) is 6.48. The quantitative estimate of drug-likeness (QED) is 0.915. The van der Waals surface area contributed by atoms with Gasteiger partial charge < -0.3 is 10.5 Å². The van der Waals surface area contributed by atoms with Crippen LogP contribution in [0, 0.1) is 0 Å². The molecule has 19 heavy (non-hydrogen) atoms. The van der Waals surface area contributed by atoms with Crippen LogP contribution in [0.1, 0.15) is 36.8 Å². The fourth-order valence-corrected chi connectivity index (χ4v) is 2.31. The average molecular weight is 273 g/mol. The van der Waals surface area contributed by atoms with Crippen molar-refractivity contribution < 1.29 is 17.9 Å². The van der Waals surface area contributed by atoms with Crippen LogP contribution in [0.4, 0.5) is 13.2 Å². The minimum Gasteiger partial charge on any atom is -0.374 e. The highest BCUT2D eigenvalue weighted by Gasteiger charge is 2.30. The van der Waals surface area contributed by atoms with Crippen LogP contribution >= 0.6 is 0 Å². The van der Waals surface area contributed by atoms with Crippen molar-refractivity contribution in [3.63, 3.8) is 0 Å². The molecule has 1 aromatic rings. The molecule has 2 rings (SSSR count). The van der Waals surface area contributed by atoms with Crippen LogP contribution in [0.25, 0.3) is 0 Å². The van der Waals surface area contributed by atoms with Crippen LogP contribution in [-0.4, -0.2) is 12.1 Å². The van der Waals surface area contributed by atoms with E-state index in [4.69, 9.17) is 10.5 Å². The second kappa shape index (κ2) is 5.92. The number of ether oxygens (including phenoxy) is 1. The lowest BCUT2D eigenvalue weighted by atomic mass is 9.94. The van der Waals surface area contributed by atoms with Gasteiger partial charge in [0.25, 0.3) is 0 Å². The number of benzene rings is 1. The number of halogens is 3. The highest BCUT2D eigenvalue weighted by atomic mass is 19.4. The Bertz CT molecular complexity index is 411. The van der Waals surface area contributed by atoms with E-state index in [0.717, 1.165) is 37.8 Å². The zero-order valence-corrected chi connectivity index (χ0v) is 10.6. The van der Waals surface area contributed by atoms with Crippen molar-refractivity contribution in [3.05, 3.63) is 35.4 Å². The van der Waals surface area contributed by atoms with Gasteiger partial charge >= 0.3 is 6.18 Å². The molecule has 0 aromatic heterocycles. The molecular weight excluding hydrogens is 255 g/mol. The Morgan fingerprint density at radius 2 is 1.84 bits per heavy atom. The fraction of sp³-hybridized carbons (Fsp3) is 0.571. The Balaban J connectivity index is 1.89. The van der Waals surface area contributed by atoms with Gasteiger partial charge in [-0.3, -0.25) is 0 Å². The molecule has 1 saturated carbocycles. The third-order valence-electron chi connectivity index (χ3n) is 3.46. The maximum atomic E-state index is 12.6. The predicted molar refractivity (Wildman–Crippen MR) is 66.5 cm³/mol. The van der Waals surface area contributed by atoms with Crippen LogP contribution in [0.5, 0.6) is 0 Å². The van der Waals surface area contributed by atoms with Gasteiger partial charge in [-0.05, 0) is 43.4 Å². The summed E-state index contributed by atoms with van der Waals surface area (Å²) in [6.45, 7) is 0.226. The van der Waals surface area contributed by atoms with Gasteiger partial charge in [0, 0.05) is 6.04 Å². The minimum atomic E-state index is -4.30. The van der Waals surface area contributed by atoms with E-state index >= 15 is 0 Å². The van der Waals surface area contributed by atoms with E-state index in [1.165, 1.54) is 6.07 Å². The molecule has 2 nitrogen and oxygen atoms in total. The SMILES string of the molecule is NC1CCC(OCc2cccc(C(F)(F)F)c2)CC1. The molecule has 2 N–H and O–H groups in total. The van der Waals surface area contributed by atoms with Crippen LogP contribution in [0.2, 0.25) is 0 Å². The van der Waals surface area contributed by atoms with Crippen molar-refractivity contribution in [1.82, 2.24) is 0 Å². The van der Waals surface area contributed by atoms with Gasteiger partial charge in [0.2, 0.25) is 0 Å². The van der Waals surface area contributed by atoms with Crippen molar-refractivity contribution >= 4 is 0 Å². The summed E-state index contributed by atoms with van der Waals surface area (Å²) in [5, 5.41) is 0. The smallest absolute Gasteiger partial charge is 0.374 e. The third kappa shape index (κ3) is 4.21. The molecule has 1 aliphatic carbocycles. The molecule has 0 unspecified atom stereocenters. The molecule has 0 amide bonds. The van der Waals surface area contributed by atoms with Gasteiger partial charge in [-0.15, -0.1) is 0 Å². The van der Waals surface area contributed by atoms with E-state index in [0.29, 0.717) is 5.56 Å². The van der Waals surface area contributed by atoms with Crippen molar-refractivity contribution in [2.45, 2.75) is 50.6 Å². The van der Waals surface area contributed by atoms with Crippen molar-refractivity contribution in [3.8, 4) is 0 Å². The summed E-state index contributed by atoms with van der Waals surface area (Å²) in [6, 6.07) is 5.54.